The molecular formula is C28H42N6O3. The van der Waals surface area contributed by atoms with E-state index in [0.717, 1.165) is 31.2 Å². The molecule has 0 atom stereocenters. The number of H-pyrrole nitrogens is 1. The molecule has 0 radical (unpaired) electrons. The fourth-order valence-corrected chi connectivity index (χ4v) is 4.22. The van der Waals surface area contributed by atoms with E-state index < -0.39 is 0 Å². The summed E-state index contributed by atoms with van der Waals surface area (Å²) in [6, 6.07) is 9.49. The highest BCUT2D eigenvalue weighted by molar-refractivity contribution is 5.84. The summed E-state index contributed by atoms with van der Waals surface area (Å²) in [4.78, 5) is 21.6. The van der Waals surface area contributed by atoms with Gasteiger partial charge in [-0.2, -0.15) is 0 Å². The molecule has 0 unspecified atom stereocenters. The van der Waals surface area contributed by atoms with Crippen LogP contribution in [0.4, 0.5) is 11.5 Å². The number of nitrogens with zero attached hydrogens (tertiary/aromatic N) is 3. The number of aliphatic hydroxyl groups is 1. The summed E-state index contributed by atoms with van der Waals surface area (Å²) in [6.07, 6.45) is 12.8. The van der Waals surface area contributed by atoms with Gasteiger partial charge >= 0.3 is 5.69 Å². The summed E-state index contributed by atoms with van der Waals surface area (Å²) in [5.41, 5.74) is 15.5. The van der Waals surface area contributed by atoms with Crippen LogP contribution in [0.15, 0.2) is 41.3 Å². The van der Waals surface area contributed by atoms with Gasteiger partial charge in [-0.1, -0.05) is 38.2 Å². The maximum atomic E-state index is 11.9. The molecule has 0 amide bonds. The number of aromatic nitrogens is 3. The third-order valence-corrected chi connectivity index (χ3v) is 6.86. The Morgan fingerprint density at radius 3 is 2.19 bits per heavy atom. The van der Waals surface area contributed by atoms with E-state index in [-0.39, 0.29) is 5.69 Å². The van der Waals surface area contributed by atoms with Gasteiger partial charge < -0.3 is 31.2 Å². The van der Waals surface area contributed by atoms with E-state index in [0.29, 0.717) is 35.2 Å². The van der Waals surface area contributed by atoms with Crippen LogP contribution in [0.1, 0.15) is 51.4 Å². The van der Waals surface area contributed by atoms with Crippen molar-refractivity contribution in [2.24, 2.45) is 7.05 Å². The summed E-state index contributed by atoms with van der Waals surface area (Å²) in [6.45, 7) is 4.16. The number of nitrogens with two attached hydrogens (primary N) is 2. The van der Waals surface area contributed by atoms with E-state index in [1.54, 1.807) is 19.3 Å². The normalized spacial score (nSPS) is 15.0. The molecular weight excluding hydrogens is 468 g/mol. The Morgan fingerprint density at radius 1 is 0.973 bits per heavy atom. The predicted octanol–water partition coefficient (Wildman–Crippen LogP) is 4.03. The molecule has 2 aromatic heterocycles. The molecule has 3 aromatic rings. The molecule has 9 heteroatoms. The average Bonchev–Trinajstić information content (AvgIpc) is 3.15. The van der Waals surface area contributed by atoms with E-state index in [1.807, 2.05) is 24.3 Å². The van der Waals surface area contributed by atoms with Crippen molar-refractivity contribution in [3.8, 4) is 28.3 Å². The SMILES string of the molecule is C1CCC1.CO.Cn1c(N)c(-c2cc(-c3ccc(OCCCN4CCCCC4)nc3)ccc2N)[nH]c1=O. The highest BCUT2D eigenvalue weighted by Gasteiger charge is 2.14. The lowest BCUT2D eigenvalue weighted by molar-refractivity contribution is 0.203. The lowest BCUT2D eigenvalue weighted by Crippen LogP contribution is -2.31. The summed E-state index contributed by atoms with van der Waals surface area (Å²) in [7, 11) is 2.62. The van der Waals surface area contributed by atoms with Gasteiger partial charge in [0, 0.05) is 49.8 Å². The van der Waals surface area contributed by atoms with E-state index in [2.05, 4.69) is 14.9 Å². The zero-order valence-corrected chi connectivity index (χ0v) is 22.2. The molecule has 5 rings (SSSR count). The number of aliphatic hydroxyl groups excluding tert-OH is 1. The van der Waals surface area contributed by atoms with Crippen LogP contribution < -0.4 is 21.9 Å². The van der Waals surface area contributed by atoms with E-state index in [9.17, 15) is 4.79 Å². The van der Waals surface area contributed by atoms with Crippen molar-refractivity contribution in [3.63, 3.8) is 0 Å². The molecule has 2 aliphatic rings. The van der Waals surface area contributed by atoms with Gasteiger partial charge in [0.1, 0.15) is 5.82 Å². The first-order chi connectivity index (χ1) is 18.0. The number of hydrogen-bond donors (Lipinski definition) is 4. The van der Waals surface area contributed by atoms with Crippen molar-refractivity contribution >= 4 is 11.5 Å². The Bertz CT molecular complexity index is 1140. The molecule has 1 aliphatic heterocycles. The molecule has 3 heterocycles. The minimum Gasteiger partial charge on any atom is -0.478 e. The number of anilines is 2. The first-order valence-electron chi connectivity index (χ1n) is 13.2. The van der Waals surface area contributed by atoms with Crippen LogP contribution in [0, 0.1) is 0 Å². The molecule has 1 aromatic carbocycles. The summed E-state index contributed by atoms with van der Waals surface area (Å²) >= 11 is 0. The average molecular weight is 511 g/mol. The molecule has 9 nitrogen and oxygen atoms in total. The molecule has 1 aliphatic carbocycles. The monoisotopic (exact) mass is 510 g/mol. The zero-order valence-electron chi connectivity index (χ0n) is 22.2. The van der Waals surface area contributed by atoms with Crippen molar-refractivity contribution in [1.82, 2.24) is 19.4 Å². The highest BCUT2D eigenvalue weighted by atomic mass is 16.5. The van der Waals surface area contributed by atoms with Gasteiger partial charge in [0.05, 0.1) is 12.3 Å². The van der Waals surface area contributed by atoms with E-state index in [4.69, 9.17) is 21.3 Å². The van der Waals surface area contributed by atoms with Gasteiger partial charge in [0.25, 0.3) is 0 Å². The number of hydrogen-bond acceptors (Lipinski definition) is 7. The number of nitrogens with one attached hydrogen (secondary N) is 1. The minimum atomic E-state index is -0.277. The topological polar surface area (TPSA) is 135 Å². The lowest BCUT2D eigenvalue weighted by Gasteiger charge is -2.26. The second-order valence-corrected chi connectivity index (χ2v) is 9.46. The van der Waals surface area contributed by atoms with E-state index >= 15 is 0 Å². The second kappa shape index (κ2) is 14.4. The number of ether oxygens (including phenoxy) is 1. The molecule has 1 saturated carbocycles. The van der Waals surface area contributed by atoms with Crippen molar-refractivity contribution in [2.75, 3.05) is 44.8 Å². The third-order valence-electron chi connectivity index (χ3n) is 6.86. The largest absolute Gasteiger partial charge is 0.478 e. The second-order valence-electron chi connectivity index (χ2n) is 9.46. The van der Waals surface area contributed by atoms with Gasteiger partial charge in [-0.25, -0.2) is 9.78 Å². The number of rotatable bonds is 7. The third kappa shape index (κ3) is 7.84. The molecule has 202 valence electrons. The van der Waals surface area contributed by atoms with Crippen LogP contribution >= 0.6 is 0 Å². The van der Waals surface area contributed by atoms with Gasteiger partial charge in [-0.15, -0.1) is 0 Å². The summed E-state index contributed by atoms with van der Waals surface area (Å²) < 4.78 is 7.18. The number of aromatic amines is 1. The highest BCUT2D eigenvalue weighted by Crippen LogP contribution is 2.32. The van der Waals surface area contributed by atoms with Crippen LogP contribution in [0.25, 0.3) is 22.4 Å². The number of piperidine rings is 1. The van der Waals surface area contributed by atoms with Crippen LogP contribution in [0.2, 0.25) is 0 Å². The van der Waals surface area contributed by atoms with Crippen LogP contribution in [-0.4, -0.2) is 57.9 Å². The Kier molecular flexibility index (Phi) is 11.0. The summed E-state index contributed by atoms with van der Waals surface area (Å²) in [5.74, 6) is 0.968. The Balaban J connectivity index is 0.000000567. The van der Waals surface area contributed by atoms with Gasteiger partial charge in [-0.05, 0) is 56.1 Å². The molecule has 6 N–H and O–H groups in total. The smallest absolute Gasteiger partial charge is 0.327 e. The van der Waals surface area contributed by atoms with Gasteiger partial charge in [0.2, 0.25) is 5.88 Å². The Morgan fingerprint density at radius 2 is 1.62 bits per heavy atom. The fraction of sp³-hybridized carbons (Fsp3) is 0.500. The Hall–Kier alpha value is -3.30. The standard InChI is InChI=1S/C23H30N6O2.C4H8.CH4O/c1-28-22(25)21(27-23(28)30)18-14-16(6-8-19(18)24)17-7-9-20(26-15-17)31-13-5-12-29-10-3-2-4-11-29;1-2-4-3-1;1-2/h6-9,14-15H,2-5,10-13,24-25H2,1H3,(H,27,30);1-4H2;2H,1H3. The number of nitrogen functional groups attached to an aromatic ring is 2. The lowest BCUT2D eigenvalue weighted by atomic mass is 10.0. The zero-order chi connectivity index (χ0) is 26.6. The maximum absolute atomic E-state index is 11.9. The van der Waals surface area contributed by atoms with Crippen LogP contribution in [0.5, 0.6) is 5.88 Å². The van der Waals surface area contributed by atoms with Crippen molar-refractivity contribution in [3.05, 3.63) is 47.0 Å². The Labute approximate surface area is 219 Å². The van der Waals surface area contributed by atoms with Gasteiger partial charge in [-0.3, -0.25) is 4.57 Å². The van der Waals surface area contributed by atoms with Crippen molar-refractivity contribution in [2.45, 2.75) is 51.4 Å². The first kappa shape index (κ1) is 28.3. The molecule has 37 heavy (non-hydrogen) atoms. The van der Waals surface area contributed by atoms with Crippen molar-refractivity contribution < 1.29 is 9.84 Å². The maximum Gasteiger partial charge on any atom is 0.327 e. The number of benzene rings is 1. The number of likely N-dealkylation sites (tertiary alicyclic amines) is 1. The number of imidazole rings is 1. The van der Waals surface area contributed by atoms with Crippen molar-refractivity contribution in [1.29, 1.82) is 0 Å². The quantitative estimate of drug-likeness (QED) is 0.278. The van der Waals surface area contributed by atoms with Gasteiger partial charge in [0.15, 0.2) is 0 Å². The number of pyridine rings is 1. The minimum absolute atomic E-state index is 0.277. The van der Waals surface area contributed by atoms with Crippen LogP contribution in [0.3, 0.4) is 0 Å². The molecule has 0 spiro atoms. The van der Waals surface area contributed by atoms with Crippen LogP contribution in [-0.2, 0) is 7.05 Å². The summed E-state index contributed by atoms with van der Waals surface area (Å²) in [5, 5.41) is 7.00. The first-order valence-corrected chi connectivity index (χ1v) is 13.2. The molecule has 1 saturated heterocycles. The molecule has 0 bridgehead atoms. The van der Waals surface area contributed by atoms with E-state index in [1.165, 1.54) is 62.6 Å². The molecule has 2 fully saturated rings. The predicted molar refractivity (Wildman–Crippen MR) is 151 cm³/mol. The fourth-order valence-electron chi connectivity index (χ4n) is 4.22.